The number of fused-ring (bicyclic) bond motifs is 1. The van der Waals surface area contributed by atoms with Gasteiger partial charge in [-0.05, 0) is 43.4 Å². The van der Waals surface area contributed by atoms with Crippen LogP contribution in [0.25, 0.3) is 0 Å². The Morgan fingerprint density at radius 3 is 2.54 bits per heavy atom. The molecule has 2 rings (SSSR count). The molecule has 3 atom stereocenters. The maximum Gasteiger partial charge on any atom is 0.0238 e. The molecule has 0 heterocycles. The van der Waals surface area contributed by atoms with Gasteiger partial charge in [-0.15, -0.1) is 0 Å². The fourth-order valence-electron chi connectivity index (χ4n) is 2.97. The first kappa shape index (κ1) is 9.47. The van der Waals surface area contributed by atoms with Crippen LogP contribution in [-0.4, -0.2) is 6.04 Å². The second kappa shape index (κ2) is 3.97. The van der Waals surface area contributed by atoms with Gasteiger partial charge in [0.05, 0.1) is 0 Å². The highest BCUT2D eigenvalue weighted by Gasteiger charge is 2.47. The topological polar surface area (TPSA) is 38.0 Å². The zero-order valence-electron chi connectivity index (χ0n) is 8.63. The van der Waals surface area contributed by atoms with E-state index in [0.29, 0.717) is 6.04 Å². The molecule has 2 aliphatic carbocycles. The van der Waals surface area contributed by atoms with E-state index in [2.05, 4.69) is 12.3 Å². The Kier molecular flexibility index (Phi) is 2.89. The van der Waals surface area contributed by atoms with Crippen LogP contribution in [0.2, 0.25) is 0 Å². The van der Waals surface area contributed by atoms with E-state index in [0.717, 1.165) is 17.8 Å². The number of hydrogen-bond donors (Lipinski definition) is 2. The van der Waals surface area contributed by atoms with Crippen molar-refractivity contribution < 1.29 is 0 Å². The first-order chi connectivity index (χ1) is 6.35. The van der Waals surface area contributed by atoms with Crippen LogP contribution in [0, 0.1) is 17.8 Å². The Bertz CT molecular complexity index is 159. The Labute approximate surface area is 81.2 Å². The summed E-state index contributed by atoms with van der Waals surface area (Å²) in [5, 5.41) is 0. The molecule has 76 valence electrons. The van der Waals surface area contributed by atoms with Crippen molar-refractivity contribution in [2.75, 3.05) is 0 Å². The Hall–Kier alpha value is -0.0800. The van der Waals surface area contributed by atoms with E-state index in [9.17, 15) is 0 Å². The highest BCUT2D eigenvalue weighted by molar-refractivity contribution is 4.98. The van der Waals surface area contributed by atoms with E-state index >= 15 is 0 Å². The van der Waals surface area contributed by atoms with Crippen LogP contribution in [0.4, 0.5) is 0 Å². The fraction of sp³-hybridized carbons (Fsp3) is 1.00. The molecule has 0 spiro atoms. The van der Waals surface area contributed by atoms with Gasteiger partial charge in [0.2, 0.25) is 0 Å². The first-order valence-electron chi connectivity index (χ1n) is 5.81. The SMILES string of the molecule is CCCCC(NN)C1CC2CC2C1. The van der Waals surface area contributed by atoms with Crippen molar-refractivity contribution in [3.63, 3.8) is 0 Å². The molecule has 0 bridgehead atoms. The number of rotatable bonds is 5. The number of hydrogen-bond acceptors (Lipinski definition) is 2. The van der Waals surface area contributed by atoms with Crippen LogP contribution >= 0.6 is 0 Å². The Morgan fingerprint density at radius 2 is 2.00 bits per heavy atom. The van der Waals surface area contributed by atoms with Gasteiger partial charge >= 0.3 is 0 Å². The Balaban J connectivity index is 1.75. The standard InChI is InChI=1S/C11H22N2/c1-2-3-4-11(13-12)10-6-8-5-9(8)7-10/h8-11,13H,2-7,12H2,1H3. The predicted molar refractivity (Wildman–Crippen MR) is 55.0 cm³/mol. The van der Waals surface area contributed by atoms with E-state index in [1.54, 1.807) is 0 Å². The van der Waals surface area contributed by atoms with Gasteiger partial charge in [0.25, 0.3) is 0 Å². The van der Waals surface area contributed by atoms with Gasteiger partial charge in [-0.2, -0.15) is 0 Å². The molecule has 0 saturated heterocycles. The van der Waals surface area contributed by atoms with Crippen LogP contribution in [0.15, 0.2) is 0 Å². The van der Waals surface area contributed by atoms with Gasteiger partial charge in [-0.25, -0.2) is 0 Å². The van der Waals surface area contributed by atoms with Crippen molar-refractivity contribution in [2.45, 2.75) is 51.5 Å². The molecule has 2 fully saturated rings. The lowest BCUT2D eigenvalue weighted by molar-refractivity contribution is 0.316. The number of nitrogens with two attached hydrogens (primary N) is 1. The third-order valence-corrected chi connectivity index (χ3v) is 3.93. The highest BCUT2D eigenvalue weighted by atomic mass is 15.2. The summed E-state index contributed by atoms with van der Waals surface area (Å²) in [6.45, 7) is 2.25. The van der Waals surface area contributed by atoms with Gasteiger partial charge in [0, 0.05) is 6.04 Å². The molecule has 0 aromatic rings. The third-order valence-electron chi connectivity index (χ3n) is 3.93. The number of hydrazine groups is 1. The van der Waals surface area contributed by atoms with E-state index in [1.807, 2.05) is 0 Å². The van der Waals surface area contributed by atoms with E-state index in [4.69, 9.17) is 5.84 Å². The first-order valence-corrected chi connectivity index (χ1v) is 5.81. The summed E-state index contributed by atoms with van der Waals surface area (Å²) in [7, 11) is 0. The molecule has 0 aromatic carbocycles. The lowest BCUT2D eigenvalue weighted by Gasteiger charge is -2.23. The second-order valence-corrected chi connectivity index (χ2v) is 4.90. The summed E-state index contributed by atoms with van der Waals surface area (Å²) in [5.74, 6) is 8.66. The van der Waals surface area contributed by atoms with E-state index in [1.165, 1.54) is 38.5 Å². The number of nitrogens with one attached hydrogen (secondary N) is 1. The van der Waals surface area contributed by atoms with Crippen LogP contribution < -0.4 is 11.3 Å². The van der Waals surface area contributed by atoms with Crippen LogP contribution in [0.5, 0.6) is 0 Å². The minimum atomic E-state index is 0.604. The van der Waals surface area contributed by atoms with Gasteiger partial charge in [0.15, 0.2) is 0 Å². The van der Waals surface area contributed by atoms with Crippen molar-refractivity contribution in [3.05, 3.63) is 0 Å². The van der Waals surface area contributed by atoms with Crippen LogP contribution in [0.3, 0.4) is 0 Å². The van der Waals surface area contributed by atoms with Gasteiger partial charge in [-0.1, -0.05) is 19.8 Å². The normalized spacial score (nSPS) is 38.8. The summed E-state index contributed by atoms with van der Waals surface area (Å²) < 4.78 is 0. The molecular weight excluding hydrogens is 160 g/mol. The molecule has 2 heteroatoms. The molecule has 0 radical (unpaired) electrons. The maximum atomic E-state index is 5.60. The van der Waals surface area contributed by atoms with Gasteiger partial charge in [0.1, 0.15) is 0 Å². The molecule has 3 unspecified atom stereocenters. The van der Waals surface area contributed by atoms with Crippen LogP contribution in [-0.2, 0) is 0 Å². The zero-order valence-corrected chi connectivity index (χ0v) is 8.63. The zero-order chi connectivity index (χ0) is 9.26. The largest absolute Gasteiger partial charge is 0.271 e. The quantitative estimate of drug-likeness (QED) is 0.504. The summed E-state index contributed by atoms with van der Waals surface area (Å²) in [4.78, 5) is 0. The molecular formula is C11H22N2. The summed E-state index contributed by atoms with van der Waals surface area (Å²) in [6, 6.07) is 0.604. The van der Waals surface area contributed by atoms with Crippen molar-refractivity contribution >= 4 is 0 Å². The summed E-state index contributed by atoms with van der Waals surface area (Å²) in [6.07, 6.45) is 8.30. The van der Waals surface area contributed by atoms with Crippen LogP contribution in [0.1, 0.15) is 45.4 Å². The minimum absolute atomic E-state index is 0.604. The lowest BCUT2D eigenvalue weighted by atomic mass is 9.91. The maximum absolute atomic E-state index is 5.60. The van der Waals surface area contributed by atoms with E-state index in [-0.39, 0.29) is 0 Å². The van der Waals surface area contributed by atoms with Crippen molar-refractivity contribution in [1.82, 2.24) is 5.43 Å². The van der Waals surface area contributed by atoms with Crippen molar-refractivity contribution in [2.24, 2.45) is 23.6 Å². The van der Waals surface area contributed by atoms with Crippen molar-refractivity contribution in [1.29, 1.82) is 0 Å². The third kappa shape index (κ3) is 2.05. The molecule has 0 aliphatic heterocycles. The molecule has 2 aliphatic rings. The Morgan fingerprint density at radius 1 is 1.31 bits per heavy atom. The monoisotopic (exact) mass is 182 g/mol. The van der Waals surface area contributed by atoms with Gasteiger partial charge < -0.3 is 0 Å². The molecule has 2 saturated carbocycles. The smallest absolute Gasteiger partial charge is 0.0238 e. The molecule has 0 aromatic heterocycles. The van der Waals surface area contributed by atoms with Crippen molar-refractivity contribution in [3.8, 4) is 0 Å². The summed E-state index contributed by atoms with van der Waals surface area (Å²) >= 11 is 0. The molecule has 2 nitrogen and oxygen atoms in total. The molecule has 3 N–H and O–H groups in total. The minimum Gasteiger partial charge on any atom is -0.271 e. The highest BCUT2D eigenvalue weighted by Crippen LogP contribution is 2.55. The predicted octanol–water partition coefficient (Wildman–Crippen LogP) is 2.05. The fourth-order valence-corrected chi connectivity index (χ4v) is 2.97. The lowest BCUT2D eigenvalue weighted by Crippen LogP contribution is -2.40. The average Bonchev–Trinajstić information content (AvgIpc) is 2.75. The molecule has 0 amide bonds. The second-order valence-electron chi connectivity index (χ2n) is 4.90. The molecule has 13 heavy (non-hydrogen) atoms. The van der Waals surface area contributed by atoms with E-state index < -0.39 is 0 Å². The summed E-state index contributed by atoms with van der Waals surface area (Å²) in [5.41, 5.74) is 3.02. The average molecular weight is 182 g/mol. The van der Waals surface area contributed by atoms with Gasteiger partial charge in [-0.3, -0.25) is 11.3 Å². The number of unbranched alkanes of at least 4 members (excludes halogenated alkanes) is 1.